The first-order valence-corrected chi connectivity index (χ1v) is 7.01. The minimum absolute atomic E-state index is 0.0614. The molecule has 3 rings (SSSR count). The summed E-state index contributed by atoms with van der Waals surface area (Å²) in [5.41, 5.74) is -0.341. The lowest BCUT2D eigenvalue weighted by atomic mass is 9.94. The van der Waals surface area contributed by atoms with Crippen molar-refractivity contribution >= 4 is 22.4 Å². The van der Waals surface area contributed by atoms with E-state index in [1.165, 1.54) is 6.20 Å². The smallest absolute Gasteiger partial charge is 0.276 e. The van der Waals surface area contributed by atoms with E-state index >= 15 is 0 Å². The molecule has 1 fully saturated rings. The molecule has 2 aromatic heterocycles. The van der Waals surface area contributed by atoms with Crippen LogP contribution in [0, 0.1) is 0 Å². The van der Waals surface area contributed by atoms with E-state index in [2.05, 4.69) is 10.1 Å². The predicted octanol–water partition coefficient (Wildman–Crippen LogP) is 2.58. The second kappa shape index (κ2) is 4.82. The molecular weight excluding hydrogens is 278 g/mol. The molecule has 1 unspecified atom stereocenters. The van der Waals surface area contributed by atoms with Crippen LogP contribution in [0.5, 0.6) is 0 Å². The first kappa shape index (κ1) is 13.5. The van der Waals surface area contributed by atoms with Crippen molar-refractivity contribution < 1.29 is 4.74 Å². The Balaban J connectivity index is 2.06. The van der Waals surface area contributed by atoms with Crippen molar-refractivity contribution in [3.63, 3.8) is 0 Å². The Morgan fingerprint density at radius 1 is 1.45 bits per heavy atom. The number of hydrogen-bond donors (Lipinski definition) is 0. The highest BCUT2D eigenvalue weighted by Gasteiger charge is 2.31. The molecule has 20 heavy (non-hydrogen) atoms. The highest BCUT2D eigenvalue weighted by atomic mass is 35.5. The lowest BCUT2D eigenvalue weighted by molar-refractivity contribution is -0.0714. The van der Waals surface area contributed by atoms with Crippen LogP contribution in [0.2, 0.25) is 5.15 Å². The van der Waals surface area contributed by atoms with Crippen molar-refractivity contribution in [1.82, 2.24) is 14.8 Å². The topological polar surface area (TPSA) is 57.0 Å². The zero-order valence-electron chi connectivity index (χ0n) is 11.5. The largest absolute Gasteiger partial charge is 0.375 e. The van der Waals surface area contributed by atoms with Crippen LogP contribution in [-0.4, -0.2) is 27.0 Å². The van der Waals surface area contributed by atoms with Crippen molar-refractivity contribution in [2.75, 3.05) is 6.61 Å². The SMILES string of the molecule is CC1(C)CC(n2ncc3cc(Cl)ncc3c2=O)CCO1. The molecule has 0 aromatic carbocycles. The van der Waals surface area contributed by atoms with Crippen molar-refractivity contribution in [1.29, 1.82) is 0 Å². The summed E-state index contributed by atoms with van der Waals surface area (Å²) < 4.78 is 7.24. The van der Waals surface area contributed by atoms with Gasteiger partial charge in [0.05, 0.1) is 23.2 Å². The maximum Gasteiger partial charge on any atom is 0.276 e. The number of nitrogens with zero attached hydrogens (tertiary/aromatic N) is 3. The summed E-state index contributed by atoms with van der Waals surface area (Å²) >= 11 is 5.83. The fourth-order valence-corrected chi connectivity index (χ4v) is 2.86. The highest BCUT2D eigenvalue weighted by Crippen LogP contribution is 2.30. The molecule has 0 aliphatic carbocycles. The van der Waals surface area contributed by atoms with Gasteiger partial charge in [0.25, 0.3) is 5.56 Å². The number of halogens is 1. The maximum atomic E-state index is 12.5. The van der Waals surface area contributed by atoms with Gasteiger partial charge in [-0.3, -0.25) is 4.79 Å². The standard InChI is InChI=1S/C14H16ClN3O2/c1-14(2)6-10(3-4-20-14)18-13(19)11-8-16-12(15)5-9(11)7-17-18/h5,7-8,10H,3-4,6H2,1-2H3. The van der Waals surface area contributed by atoms with Gasteiger partial charge in [-0.25, -0.2) is 9.67 Å². The summed E-state index contributed by atoms with van der Waals surface area (Å²) in [7, 11) is 0. The molecule has 0 saturated carbocycles. The molecular formula is C14H16ClN3O2. The van der Waals surface area contributed by atoms with E-state index in [1.54, 1.807) is 16.9 Å². The van der Waals surface area contributed by atoms with Crippen LogP contribution in [0.15, 0.2) is 23.3 Å². The van der Waals surface area contributed by atoms with Crippen molar-refractivity contribution in [3.8, 4) is 0 Å². The van der Waals surface area contributed by atoms with Gasteiger partial charge in [0.2, 0.25) is 0 Å². The minimum Gasteiger partial charge on any atom is -0.375 e. The van der Waals surface area contributed by atoms with E-state index in [0.717, 1.165) is 18.2 Å². The molecule has 1 aliphatic rings. The third-order valence-corrected chi connectivity index (χ3v) is 3.89. The molecule has 0 radical (unpaired) electrons. The molecule has 0 bridgehead atoms. The summed E-state index contributed by atoms with van der Waals surface area (Å²) in [6.07, 6.45) is 4.75. The zero-order chi connectivity index (χ0) is 14.3. The van der Waals surface area contributed by atoms with E-state index in [-0.39, 0.29) is 17.2 Å². The Hall–Kier alpha value is -1.46. The van der Waals surface area contributed by atoms with Crippen LogP contribution in [0.4, 0.5) is 0 Å². The first-order chi connectivity index (χ1) is 9.46. The van der Waals surface area contributed by atoms with Crippen molar-refractivity contribution in [2.45, 2.75) is 38.3 Å². The zero-order valence-corrected chi connectivity index (χ0v) is 12.2. The van der Waals surface area contributed by atoms with Gasteiger partial charge < -0.3 is 4.74 Å². The fourth-order valence-electron chi connectivity index (χ4n) is 2.70. The van der Waals surface area contributed by atoms with E-state index in [4.69, 9.17) is 16.3 Å². The molecule has 6 heteroatoms. The van der Waals surface area contributed by atoms with Gasteiger partial charge in [0.15, 0.2) is 0 Å². The quantitative estimate of drug-likeness (QED) is 0.758. The fraction of sp³-hybridized carbons (Fsp3) is 0.500. The van der Waals surface area contributed by atoms with E-state index in [9.17, 15) is 4.79 Å². The molecule has 5 nitrogen and oxygen atoms in total. The molecule has 2 aromatic rings. The van der Waals surface area contributed by atoms with Gasteiger partial charge >= 0.3 is 0 Å². The summed E-state index contributed by atoms with van der Waals surface area (Å²) in [4.78, 5) is 16.5. The van der Waals surface area contributed by atoms with Crippen molar-refractivity contribution in [3.05, 3.63) is 34.0 Å². The summed E-state index contributed by atoms with van der Waals surface area (Å²) in [6, 6.07) is 1.72. The minimum atomic E-state index is -0.225. The lowest BCUT2D eigenvalue weighted by Crippen LogP contribution is -2.39. The summed E-state index contributed by atoms with van der Waals surface area (Å²) in [5, 5.41) is 5.93. The average Bonchev–Trinajstić information content (AvgIpc) is 2.37. The van der Waals surface area contributed by atoms with Gasteiger partial charge in [-0.1, -0.05) is 11.6 Å². The van der Waals surface area contributed by atoms with Crippen LogP contribution in [-0.2, 0) is 4.74 Å². The summed E-state index contributed by atoms with van der Waals surface area (Å²) in [6.45, 7) is 4.71. The van der Waals surface area contributed by atoms with E-state index in [1.807, 2.05) is 13.8 Å². The molecule has 106 valence electrons. The van der Waals surface area contributed by atoms with Gasteiger partial charge in [0, 0.05) is 18.2 Å². The number of hydrogen-bond acceptors (Lipinski definition) is 4. The van der Waals surface area contributed by atoms with Crippen LogP contribution in [0.25, 0.3) is 10.8 Å². The second-order valence-electron chi connectivity index (χ2n) is 5.74. The lowest BCUT2D eigenvalue weighted by Gasteiger charge is -2.35. The number of fused-ring (bicyclic) bond motifs is 1. The molecule has 1 saturated heterocycles. The van der Waals surface area contributed by atoms with Crippen molar-refractivity contribution in [2.24, 2.45) is 0 Å². The molecule has 0 N–H and O–H groups in total. The number of pyridine rings is 1. The van der Waals surface area contributed by atoms with Gasteiger partial charge in [-0.2, -0.15) is 5.10 Å². The van der Waals surface area contributed by atoms with Gasteiger partial charge in [-0.15, -0.1) is 0 Å². The average molecular weight is 294 g/mol. The van der Waals surface area contributed by atoms with Gasteiger partial charge in [0.1, 0.15) is 5.15 Å². The number of aromatic nitrogens is 3. The Kier molecular flexibility index (Phi) is 3.26. The molecule has 0 spiro atoms. The predicted molar refractivity (Wildman–Crippen MR) is 77.1 cm³/mol. The molecule has 1 atom stereocenters. The highest BCUT2D eigenvalue weighted by molar-refractivity contribution is 6.30. The Morgan fingerprint density at radius 2 is 2.25 bits per heavy atom. The second-order valence-corrected chi connectivity index (χ2v) is 6.13. The van der Waals surface area contributed by atoms with E-state index < -0.39 is 0 Å². The normalized spacial score (nSPS) is 22.1. The monoisotopic (exact) mass is 293 g/mol. The third kappa shape index (κ3) is 2.43. The maximum absolute atomic E-state index is 12.5. The summed E-state index contributed by atoms with van der Waals surface area (Å²) in [5.74, 6) is 0. The third-order valence-electron chi connectivity index (χ3n) is 3.68. The van der Waals surface area contributed by atoms with Crippen LogP contribution >= 0.6 is 11.6 Å². The van der Waals surface area contributed by atoms with Crippen LogP contribution in [0.1, 0.15) is 32.7 Å². The Morgan fingerprint density at radius 3 is 3.00 bits per heavy atom. The molecule has 3 heterocycles. The van der Waals surface area contributed by atoms with Crippen LogP contribution < -0.4 is 5.56 Å². The van der Waals surface area contributed by atoms with Gasteiger partial charge in [-0.05, 0) is 32.8 Å². The van der Waals surface area contributed by atoms with E-state index in [0.29, 0.717) is 17.1 Å². The first-order valence-electron chi connectivity index (χ1n) is 6.63. The number of ether oxygens (including phenoxy) is 1. The number of rotatable bonds is 1. The Labute approximate surface area is 121 Å². The molecule has 1 aliphatic heterocycles. The van der Waals surface area contributed by atoms with Crippen LogP contribution in [0.3, 0.4) is 0 Å². The Bertz CT molecular complexity index is 711. The molecule has 0 amide bonds.